The number of nitrogens with zero attached hydrogens (tertiary/aromatic N) is 1. The van der Waals surface area contributed by atoms with Gasteiger partial charge in [0.1, 0.15) is 0 Å². The monoisotopic (exact) mass is 169 g/mol. The third-order valence-electron chi connectivity index (χ3n) is 2.20. The Bertz CT molecular complexity index is 165. The summed E-state index contributed by atoms with van der Waals surface area (Å²) < 4.78 is 5.71. The minimum absolute atomic E-state index is 0.300. The van der Waals surface area contributed by atoms with Crippen LogP contribution in [0.15, 0.2) is 12.2 Å². The minimum Gasteiger partial charge on any atom is -0.374 e. The first-order valence-electron chi connectivity index (χ1n) is 4.63. The van der Waals surface area contributed by atoms with E-state index in [1.807, 2.05) is 0 Å². The lowest BCUT2D eigenvalue weighted by atomic mass is 10.2. The van der Waals surface area contributed by atoms with Crippen molar-refractivity contribution in [1.82, 2.24) is 4.90 Å². The molecule has 0 radical (unpaired) electrons. The summed E-state index contributed by atoms with van der Waals surface area (Å²) >= 11 is 0. The van der Waals surface area contributed by atoms with Crippen LogP contribution >= 0.6 is 0 Å². The van der Waals surface area contributed by atoms with Crippen LogP contribution in [0.1, 0.15) is 20.8 Å². The average Bonchev–Trinajstić information content (AvgIpc) is 2.33. The van der Waals surface area contributed by atoms with Gasteiger partial charge in [-0.05, 0) is 27.8 Å². The van der Waals surface area contributed by atoms with E-state index in [-0.39, 0.29) is 0 Å². The molecule has 1 aliphatic heterocycles. The van der Waals surface area contributed by atoms with Crippen LogP contribution in [0.5, 0.6) is 0 Å². The summed E-state index contributed by atoms with van der Waals surface area (Å²) in [4.78, 5) is 2.30. The number of likely N-dealkylation sites (N-methyl/N-ethyl adjacent to an activating group) is 1. The SMILES string of the molecule is CC(C)O[C@@H](C)[C@@H]1C=CCN1C. The highest BCUT2D eigenvalue weighted by Crippen LogP contribution is 2.14. The fourth-order valence-electron chi connectivity index (χ4n) is 1.66. The smallest absolute Gasteiger partial charge is 0.0741 e. The summed E-state index contributed by atoms with van der Waals surface area (Å²) in [5, 5.41) is 0. The standard InChI is InChI=1S/C10H19NO/c1-8(2)12-9(3)10-6-5-7-11(10)4/h5-6,8-10H,7H2,1-4H3/t9-,10-/m0/s1. The van der Waals surface area contributed by atoms with E-state index >= 15 is 0 Å². The van der Waals surface area contributed by atoms with Gasteiger partial charge in [0.25, 0.3) is 0 Å². The van der Waals surface area contributed by atoms with Gasteiger partial charge in [-0.25, -0.2) is 0 Å². The molecule has 0 unspecified atom stereocenters. The van der Waals surface area contributed by atoms with E-state index < -0.39 is 0 Å². The number of hydrogen-bond acceptors (Lipinski definition) is 2. The topological polar surface area (TPSA) is 12.5 Å². The van der Waals surface area contributed by atoms with Crippen LogP contribution in [-0.2, 0) is 4.74 Å². The van der Waals surface area contributed by atoms with Gasteiger partial charge in [0, 0.05) is 6.54 Å². The molecule has 1 rings (SSSR count). The van der Waals surface area contributed by atoms with Gasteiger partial charge in [0.15, 0.2) is 0 Å². The molecule has 2 atom stereocenters. The Morgan fingerprint density at radius 1 is 1.42 bits per heavy atom. The zero-order chi connectivity index (χ0) is 9.14. The van der Waals surface area contributed by atoms with Gasteiger partial charge in [-0.2, -0.15) is 0 Å². The quantitative estimate of drug-likeness (QED) is 0.596. The third kappa shape index (κ3) is 2.32. The van der Waals surface area contributed by atoms with E-state index in [0.29, 0.717) is 18.2 Å². The fourth-order valence-corrected chi connectivity index (χ4v) is 1.66. The number of ether oxygens (including phenoxy) is 1. The summed E-state index contributed by atoms with van der Waals surface area (Å²) in [6, 6.07) is 0.465. The van der Waals surface area contributed by atoms with E-state index in [0.717, 1.165) is 6.54 Å². The highest BCUT2D eigenvalue weighted by atomic mass is 16.5. The molecule has 0 spiro atoms. The van der Waals surface area contributed by atoms with Crippen molar-refractivity contribution in [3.8, 4) is 0 Å². The van der Waals surface area contributed by atoms with Crippen LogP contribution in [0.25, 0.3) is 0 Å². The van der Waals surface area contributed by atoms with E-state index in [1.54, 1.807) is 0 Å². The minimum atomic E-state index is 0.300. The van der Waals surface area contributed by atoms with E-state index in [9.17, 15) is 0 Å². The molecule has 0 aromatic heterocycles. The van der Waals surface area contributed by atoms with Crippen molar-refractivity contribution in [1.29, 1.82) is 0 Å². The Labute approximate surface area is 75.2 Å². The molecule has 1 heterocycles. The Hall–Kier alpha value is -0.340. The van der Waals surface area contributed by atoms with Crippen LogP contribution in [0, 0.1) is 0 Å². The van der Waals surface area contributed by atoms with Crippen molar-refractivity contribution in [3.63, 3.8) is 0 Å². The maximum absolute atomic E-state index is 5.71. The van der Waals surface area contributed by atoms with Gasteiger partial charge >= 0.3 is 0 Å². The Balaban J connectivity index is 2.40. The summed E-state index contributed by atoms with van der Waals surface area (Å²) in [7, 11) is 2.13. The molecule has 0 amide bonds. The van der Waals surface area contributed by atoms with Crippen molar-refractivity contribution >= 4 is 0 Å². The second-order valence-electron chi connectivity index (χ2n) is 3.75. The molecule has 0 aliphatic carbocycles. The molecule has 2 heteroatoms. The first-order chi connectivity index (χ1) is 5.61. The first kappa shape index (κ1) is 9.75. The van der Waals surface area contributed by atoms with Gasteiger partial charge < -0.3 is 4.74 Å². The van der Waals surface area contributed by atoms with Crippen LogP contribution in [0.3, 0.4) is 0 Å². The Morgan fingerprint density at radius 2 is 2.08 bits per heavy atom. The predicted octanol–water partition coefficient (Wildman–Crippen LogP) is 1.67. The van der Waals surface area contributed by atoms with Crippen LogP contribution in [0.4, 0.5) is 0 Å². The molecule has 0 N–H and O–H groups in total. The van der Waals surface area contributed by atoms with Crippen molar-refractivity contribution < 1.29 is 4.74 Å². The molecule has 0 aromatic rings. The summed E-state index contributed by atoms with van der Waals surface area (Å²) in [6.45, 7) is 7.34. The van der Waals surface area contributed by atoms with Crippen molar-refractivity contribution in [3.05, 3.63) is 12.2 Å². The summed E-state index contributed by atoms with van der Waals surface area (Å²) in [5.74, 6) is 0. The highest BCUT2D eigenvalue weighted by Gasteiger charge is 2.22. The molecule has 0 saturated heterocycles. The van der Waals surface area contributed by atoms with E-state index in [1.165, 1.54) is 0 Å². The lowest BCUT2D eigenvalue weighted by molar-refractivity contribution is -0.0119. The third-order valence-corrected chi connectivity index (χ3v) is 2.20. The molecule has 0 saturated carbocycles. The second-order valence-corrected chi connectivity index (χ2v) is 3.75. The van der Waals surface area contributed by atoms with E-state index in [2.05, 4.69) is 44.9 Å². The maximum Gasteiger partial charge on any atom is 0.0741 e. The van der Waals surface area contributed by atoms with Crippen LogP contribution in [-0.4, -0.2) is 36.7 Å². The summed E-state index contributed by atoms with van der Waals surface area (Å²) in [6.07, 6.45) is 5.05. The van der Waals surface area contributed by atoms with Gasteiger partial charge in [-0.1, -0.05) is 12.2 Å². The zero-order valence-corrected chi connectivity index (χ0v) is 8.45. The first-order valence-corrected chi connectivity index (χ1v) is 4.63. The molecular formula is C10H19NO. The molecule has 70 valence electrons. The van der Waals surface area contributed by atoms with E-state index in [4.69, 9.17) is 4.74 Å². The summed E-state index contributed by atoms with van der Waals surface area (Å²) in [5.41, 5.74) is 0. The molecule has 0 fully saturated rings. The van der Waals surface area contributed by atoms with Crippen LogP contribution < -0.4 is 0 Å². The van der Waals surface area contributed by atoms with Gasteiger partial charge in [-0.15, -0.1) is 0 Å². The lowest BCUT2D eigenvalue weighted by Crippen LogP contribution is -2.37. The molecule has 12 heavy (non-hydrogen) atoms. The maximum atomic E-state index is 5.71. The normalized spacial score (nSPS) is 26.9. The van der Waals surface area contributed by atoms with Crippen LogP contribution in [0.2, 0.25) is 0 Å². The zero-order valence-electron chi connectivity index (χ0n) is 8.45. The molecule has 1 aliphatic rings. The second kappa shape index (κ2) is 4.06. The van der Waals surface area contributed by atoms with Gasteiger partial charge in [0.05, 0.1) is 18.2 Å². The highest BCUT2D eigenvalue weighted by molar-refractivity contribution is 5.05. The van der Waals surface area contributed by atoms with Gasteiger partial charge in [-0.3, -0.25) is 4.90 Å². The van der Waals surface area contributed by atoms with Crippen molar-refractivity contribution in [2.24, 2.45) is 0 Å². The Morgan fingerprint density at radius 3 is 2.50 bits per heavy atom. The van der Waals surface area contributed by atoms with Crippen molar-refractivity contribution in [2.75, 3.05) is 13.6 Å². The lowest BCUT2D eigenvalue weighted by Gasteiger charge is -2.27. The number of rotatable bonds is 3. The molecular weight excluding hydrogens is 150 g/mol. The number of hydrogen-bond donors (Lipinski definition) is 0. The fraction of sp³-hybridized carbons (Fsp3) is 0.800. The average molecular weight is 169 g/mol. The molecule has 0 bridgehead atoms. The Kier molecular flexibility index (Phi) is 3.29. The van der Waals surface area contributed by atoms with Gasteiger partial charge in [0.2, 0.25) is 0 Å². The largest absolute Gasteiger partial charge is 0.374 e. The molecule has 0 aromatic carbocycles. The molecule has 2 nitrogen and oxygen atoms in total. The van der Waals surface area contributed by atoms with Crippen molar-refractivity contribution in [2.45, 2.75) is 39.0 Å². The predicted molar refractivity (Wildman–Crippen MR) is 51.2 cm³/mol.